The quantitative estimate of drug-likeness (QED) is 0.850. The predicted molar refractivity (Wildman–Crippen MR) is 68.8 cm³/mol. The summed E-state index contributed by atoms with van der Waals surface area (Å²) in [6.45, 7) is 3.86. The first kappa shape index (κ1) is 11.9. The lowest BCUT2D eigenvalue weighted by atomic mass is 10.0. The lowest BCUT2D eigenvalue weighted by Gasteiger charge is -2.06. The van der Waals surface area contributed by atoms with Crippen molar-refractivity contribution in [3.8, 4) is 5.75 Å². The molecule has 0 radical (unpaired) electrons. The molecule has 2 N–H and O–H groups in total. The smallest absolute Gasteiger partial charge is 0.325 e. The molecular weight excluding hydrogens is 232 g/mol. The molecule has 18 heavy (non-hydrogen) atoms. The molecule has 0 saturated carbocycles. The highest BCUT2D eigenvalue weighted by molar-refractivity contribution is 5.77. The van der Waals surface area contributed by atoms with E-state index in [1.807, 2.05) is 6.07 Å². The molecule has 0 aliphatic rings. The summed E-state index contributed by atoms with van der Waals surface area (Å²) in [6.07, 6.45) is 1.35. The monoisotopic (exact) mass is 244 g/mol. The minimum absolute atomic E-state index is 0.322. The molecule has 0 bridgehead atoms. The van der Waals surface area contributed by atoms with Crippen molar-refractivity contribution in [2.75, 3.05) is 7.11 Å². The summed E-state index contributed by atoms with van der Waals surface area (Å²) in [5, 5.41) is 0. The third-order valence-corrected chi connectivity index (χ3v) is 2.56. The number of rotatable bonds is 3. The molecule has 92 valence electrons. The Labute approximate surface area is 103 Å². The van der Waals surface area contributed by atoms with Gasteiger partial charge >= 0.3 is 5.69 Å². The molecule has 1 heterocycles. The molecule has 0 saturated heterocycles. The van der Waals surface area contributed by atoms with E-state index in [0.29, 0.717) is 16.9 Å². The van der Waals surface area contributed by atoms with E-state index in [4.69, 9.17) is 4.74 Å². The van der Waals surface area contributed by atoms with Gasteiger partial charge in [-0.05, 0) is 23.3 Å². The summed E-state index contributed by atoms with van der Waals surface area (Å²) in [5.74, 6) is 0.675. The number of benzene rings is 1. The van der Waals surface area contributed by atoms with Crippen molar-refractivity contribution in [1.29, 1.82) is 0 Å². The summed E-state index contributed by atoms with van der Waals surface area (Å²) in [6, 6.07) is 7.19. The van der Waals surface area contributed by atoms with Crippen LogP contribution in [0.3, 0.4) is 0 Å². The highest BCUT2D eigenvalue weighted by atomic mass is 16.5. The van der Waals surface area contributed by atoms with Crippen LogP contribution in [0.4, 0.5) is 0 Å². The average Bonchev–Trinajstić information content (AvgIpc) is 2.38. The fourth-order valence-electron chi connectivity index (χ4n) is 1.60. The van der Waals surface area contributed by atoms with E-state index in [-0.39, 0.29) is 0 Å². The van der Waals surface area contributed by atoms with E-state index in [2.05, 4.69) is 16.5 Å². The van der Waals surface area contributed by atoms with Gasteiger partial charge in [-0.2, -0.15) is 0 Å². The first-order valence-electron chi connectivity index (χ1n) is 5.27. The van der Waals surface area contributed by atoms with Crippen LogP contribution in [0, 0.1) is 0 Å². The lowest BCUT2D eigenvalue weighted by molar-refractivity contribution is 0.414. The third kappa shape index (κ3) is 2.24. The molecule has 0 atom stereocenters. The fraction of sp³-hybridized carbons (Fsp3) is 0.0769. The Morgan fingerprint density at radius 2 is 2.11 bits per heavy atom. The zero-order valence-corrected chi connectivity index (χ0v) is 9.82. The normalized spacial score (nSPS) is 10.1. The van der Waals surface area contributed by atoms with Crippen molar-refractivity contribution in [3.05, 3.63) is 69.0 Å². The number of hydrogen-bond acceptors (Lipinski definition) is 3. The molecule has 0 amide bonds. The van der Waals surface area contributed by atoms with E-state index in [9.17, 15) is 9.59 Å². The molecule has 0 aliphatic carbocycles. The number of H-pyrrole nitrogens is 2. The number of hydrogen-bond donors (Lipinski definition) is 2. The first-order chi connectivity index (χ1) is 8.61. The van der Waals surface area contributed by atoms with Crippen molar-refractivity contribution in [3.63, 3.8) is 0 Å². The minimum Gasteiger partial charge on any atom is -0.497 e. The van der Waals surface area contributed by atoms with Gasteiger partial charge in [-0.3, -0.25) is 9.78 Å². The van der Waals surface area contributed by atoms with E-state index >= 15 is 0 Å². The van der Waals surface area contributed by atoms with E-state index in [1.165, 1.54) is 6.20 Å². The second kappa shape index (κ2) is 4.75. The van der Waals surface area contributed by atoms with Crippen molar-refractivity contribution in [1.82, 2.24) is 9.97 Å². The maximum absolute atomic E-state index is 11.6. The fourth-order valence-corrected chi connectivity index (χ4v) is 1.60. The van der Waals surface area contributed by atoms with Gasteiger partial charge in [0.2, 0.25) is 0 Å². The van der Waals surface area contributed by atoms with E-state index in [1.54, 1.807) is 25.3 Å². The summed E-state index contributed by atoms with van der Waals surface area (Å²) < 4.78 is 5.11. The Balaban J connectivity index is 2.47. The number of methoxy groups -OCH3 is 1. The summed E-state index contributed by atoms with van der Waals surface area (Å²) >= 11 is 0. The predicted octanol–water partition coefficient (Wildman–Crippen LogP) is 1.13. The van der Waals surface area contributed by atoms with Crippen molar-refractivity contribution < 1.29 is 4.74 Å². The van der Waals surface area contributed by atoms with Crippen molar-refractivity contribution >= 4 is 5.57 Å². The zero-order valence-electron chi connectivity index (χ0n) is 9.82. The number of nitrogens with one attached hydrogen (secondary N) is 2. The molecule has 0 unspecified atom stereocenters. The van der Waals surface area contributed by atoms with Gasteiger partial charge in [-0.1, -0.05) is 18.7 Å². The van der Waals surface area contributed by atoms with Gasteiger partial charge in [0.05, 0.1) is 12.7 Å². The van der Waals surface area contributed by atoms with Crippen LogP contribution in [-0.4, -0.2) is 17.1 Å². The largest absolute Gasteiger partial charge is 0.497 e. The molecule has 1 aromatic heterocycles. The second-order valence-corrected chi connectivity index (χ2v) is 3.70. The molecule has 5 nitrogen and oxygen atoms in total. The van der Waals surface area contributed by atoms with Crippen LogP contribution in [0.1, 0.15) is 11.1 Å². The Morgan fingerprint density at radius 3 is 2.78 bits per heavy atom. The van der Waals surface area contributed by atoms with Crippen LogP contribution >= 0.6 is 0 Å². The number of aromatic amines is 2. The van der Waals surface area contributed by atoms with Gasteiger partial charge in [-0.15, -0.1) is 0 Å². The SMILES string of the molecule is C=C(c1cccc(OC)c1)c1c[nH]c(=O)[nH]c1=O. The zero-order chi connectivity index (χ0) is 13.1. The van der Waals surface area contributed by atoms with Crippen LogP contribution in [-0.2, 0) is 0 Å². The topological polar surface area (TPSA) is 75.0 Å². The Kier molecular flexibility index (Phi) is 3.14. The highest BCUT2D eigenvalue weighted by Gasteiger charge is 2.08. The molecule has 2 aromatic rings. The van der Waals surface area contributed by atoms with Crippen molar-refractivity contribution in [2.45, 2.75) is 0 Å². The Morgan fingerprint density at radius 1 is 1.33 bits per heavy atom. The molecule has 0 fully saturated rings. The molecule has 1 aromatic carbocycles. The Hall–Kier alpha value is -2.56. The number of ether oxygens (including phenoxy) is 1. The van der Waals surface area contributed by atoms with Gasteiger partial charge < -0.3 is 9.72 Å². The molecular formula is C13H12N2O3. The average molecular weight is 244 g/mol. The van der Waals surface area contributed by atoms with Crippen LogP contribution in [0.5, 0.6) is 5.75 Å². The third-order valence-electron chi connectivity index (χ3n) is 2.56. The highest BCUT2D eigenvalue weighted by Crippen LogP contribution is 2.21. The molecule has 5 heteroatoms. The van der Waals surface area contributed by atoms with Gasteiger partial charge in [0.1, 0.15) is 5.75 Å². The molecule has 0 spiro atoms. The van der Waals surface area contributed by atoms with Crippen molar-refractivity contribution in [2.24, 2.45) is 0 Å². The maximum Gasteiger partial charge on any atom is 0.325 e. The summed E-state index contributed by atoms with van der Waals surface area (Å²) in [7, 11) is 1.56. The maximum atomic E-state index is 11.6. The van der Waals surface area contributed by atoms with Gasteiger partial charge in [0.25, 0.3) is 5.56 Å². The van der Waals surface area contributed by atoms with Crippen LogP contribution in [0.25, 0.3) is 5.57 Å². The van der Waals surface area contributed by atoms with E-state index in [0.717, 1.165) is 5.56 Å². The van der Waals surface area contributed by atoms with Crippen LogP contribution < -0.4 is 16.0 Å². The second-order valence-electron chi connectivity index (χ2n) is 3.70. The van der Waals surface area contributed by atoms with Crippen LogP contribution in [0.2, 0.25) is 0 Å². The summed E-state index contributed by atoms with van der Waals surface area (Å²) in [5.41, 5.74) is 0.593. The van der Waals surface area contributed by atoms with Gasteiger partial charge in [0.15, 0.2) is 0 Å². The standard InChI is InChI=1S/C13H12N2O3/c1-8(9-4-3-5-10(6-9)18-2)11-7-14-13(17)15-12(11)16/h3-7H,1H2,2H3,(H2,14,15,16,17). The van der Waals surface area contributed by atoms with Gasteiger partial charge in [0, 0.05) is 6.20 Å². The molecule has 0 aliphatic heterocycles. The first-order valence-corrected chi connectivity index (χ1v) is 5.27. The van der Waals surface area contributed by atoms with Gasteiger partial charge in [-0.25, -0.2) is 4.79 Å². The molecule has 2 rings (SSSR count). The summed E-state index contributed by atoms with van der Waals surface area (Å²) in [4.78, 5) is 27.2. The minimum atomic E-state index is -0.540. The van der Waals surface area contributed by atoms with Crippen LogP contribution in [0.15, 0.2) is 46.6 Å². The Bertz CT molecular complexity index is 698. The lowest BCUT2D eigenvalue weighted by Crippen LogP contribution is -2.24. The van der Waals surface area contributed by atoms with E-state index < -0.39 is 11.2 Å². The number of aromatic nitrogens is 2.